The number of aromatic nitrogens is 4. The van der Waals surface area contributed by atoms with Crippen LogP contribution >= 0.6 is 34.2 Å². The van der Waals surface area contributed by atoms with Crippen molar-refractivity contribution < 1.29 is 0 Å². The molecule has 0 spiro atoms. The van der Waals surface area contributed by atoms with Crippen molar-refractivity contribution in [1.82, 2.24) is 25.5 Å². The molecule has 0 atom stereocenters. The van der Waals surface area contributed by atoms with E-state index in [1.807, 2.05) is 18.2 Å². The predicted octanol–water partition coefficient (Wildman–Crippen LogP) is 2.17. The summed E-state index contributed by atoms with van der Waals surface area (Å²) >= 11 is 8.45. The minimum atomic E-state index is 0.627. The van der Waals surface area contributed by atoms with Gasteiger partial charge in [-0.15, -0.1) is 5.10 Å². The van der Waals surface area contributed by atoms with Crippen LogP contribution in [-0.2, 0) is 6.54 Å². The molecule has 1 saturated carbocycles. The van der Waals surface area contributed by atoms with Gasteiger partial charge in [0.15, 0.2) is 5.82 Å². The Hall–Kier alpha value is -0.730. The Bertz CT molecular complexity index is 566. The van der Waals surface area contributed by atoms with Crippen molar-refractivity contribution in [3.63, 3.8) is 0 Å². The van der Waals surface area contributed by atoms with E-state index in [4.69, 9.17) is 11.6 Å². The van der Waals surface area contributed by atoms with Crippen molar-refractivity contribution in [3.8, 4) is 5.69 Å². The Balaban J connectivity index is 1.88. The number of benzene rings is 1. The highest BCUT2D eigenvalue weighted by Crippen LogP contribution is 2.23. The molecule has 1 fully saturated rings. The number of nitrogens with one attached hydrogen (secondary N) is 1. The molecule has 0 radical (unpaired) electrons. The highest BCUT2D eigenvalue weighted by molar-refractivity contribution is 14.1. The van der Waals surface area contributed by atoms with E-state index < -0.39 is 0 Å². The Labute approximate surface area is 123 Å². The van der Waals surface area contributed by atoms with Crippen LogP contribution in [0.15, 0.2) is 18.2 Å². The second-order valence-corrected chi connectivity index (χ2v) is 5.91. The monoisotopic (exact) mass is 375 g/mol. The zero-order chi connectivity index (χ0) is 12.5. The molecule has 7 heteroatoms. The Morgan fingerprint density at radius 1 is 1.44 bits per heavy atom. The van der Waals surface area contributed by atoms with Crippen LogP contribution in [0.4, 0.5) is 0 Å². The van der Waals surface area contributed by atoms with Gasteiger partial charge >= 0.3 is 0 Å². The van der Waals surface area contributed by atoms with E-state index in [0.29, 0.717) is 17.6 Å². The minimum Gasteiger partial charge on any atom is -0.307 e. The number of tetrazole rings is 1. The van der Waals surface area contributed by atoms with Crippen LogP contribution in [0.2, 0.25) is 5.02 Å². The fraction of sp³-hybridized carbons (Fsp3) is 0.364. The van der Waals surface area contributed by atoms with E-state index in [1.54, 1.807) is 4.68 Å². The molecular weight excluding hydrogens is 365 g/mol. The van der Waals surface area contributed by atoms with Gasteiger partial charge in [-0.1, -0.05) is 11.6 Å². The van der Waals surface area contributed by atoms with E-state index in [1.165, 1.54) is 12.8 Å². The maximum Gasteiger partial charge on any atom is 0.170 e. The van der Waals surface area contributed by atoms with Crippen molar-refractivity contribution in [2.75, 3.05) is 0 Å². The van der Waals surface area contributed by atoms with E-state index in [-0.39, 0.29) is 0 Å². The molecule has 0 unspecified atom stereocenters. The first-order valence-electron chi connectivity index (χ1n) is 5.70. The summed E-state index contributed by atoms with van der Waals surface area (Å²) in [6, 6.07) is 6.45. The maximum atomic E-state index is 6.23. The summed E-state index contributed by atoms with van der Waals surface area (Å²) in [5.41, 5.74) is 0.815. The second-order valence-electron chi connectivity index (χ2n) is 4.26. The SMILES string of the molecule is Clc1cc(I)ccc1-n1nnnc1CNC1CC1. The highest BCUT2D eigenvalue weighted by Gasteiger charge is 2.21. The zero-order valence-corrected chi connectivity index (χ0v) is 12.4. The summed E-state index contributed by atoms with van der Waals surface area (Å²) in [6.07, 6.45) is 2.48. The van der Waals surface area contributed by atoms with Crippen LogP contribution in [0.5, 0.6) is 0 Å². The quantitative estimate of drug-likeness (QED) is 0.832. The zero-order valence-electron chi connectivity index (χ0n) is 9.48. The van der Waals surface area contributed by atoms with E-state index in [9.17, 15) is 0 Å². The molecule has 1 aliphatic carbocycles. The fourth-order valence-corrected chi connectivity index (χ4v) is 2.62. The summed E-state index contributed by atoms with van der Waals surface area (Å²) < 4.78 is 2.78. The average molecular weight is 376 g/mol. The van der Waals surface area contributed by atoms with Gasteiger partial charge in [0.05, 0.1) is 17.3 Å². The van der Waals surface area contributed by atoms with Gasteiger partial charge in [0.1, 0.15) is 0 Å². The third kappa shape index (κ3) is 2.65. The van der Waals surface area contributed by atoms with Gasteiger partial charge in [-0.05, 0) is 64.1 Å². The first-order valence-corrected chi connectivity index (χ1v) is 7.16. The molecule has 0 saturated heterocycles. The van der Waals surface area contributed by atoms with Crippen molar-refractivity contribution in [2.24, 2.45) is 0 Å². The summed E-state index contributed by atoms with van der Waals surface area (Å²) in [5, 5.41) is 15.8. The second kappa shape index (κ2) is 5.10. The van der Waals surface area contributed by atoms with E-state index in [2.05, 4.69) is 43.4 Å². The number of hydrogen-bond donors (Lipinski definition) is 1. The molecule has 94 valence electrons. The Kier molecular flexibility index (Phi) is 3.49. The van der Waals surface area contributed by atoms with Gasteiger partial charge in [0.2, 0.25) is 0 Å². The normalized spacial score (nSPS) is 15.0. The molecule has 0 bridgehead atoms. The number of nitrogens with zero attached hydrogens (tertiary/aromatic N) is 4. The van der Waals surface area contributed by atoms with Gasteiger partial charge in [-0.2, -0.15) is 4.68 Å². The van der Waals surface area contributed by atoms with Gasteiger partial charge in [-0.3, -0.25) is 0 Å². The van der Waals surface area contributed by atoms with Crippen LogP contribution in [0.3, 0.4) is 0 Å². The summed E-state index contributed by atoms with van der Waals surface area (Å²) in [6.45, 7) is 0.667. The largest absolute Gasteiger partial charge is 0.307 e. The molecule has 2 aromatic rings. The lowest BCUT2D eigenvalue weighted by Gasteiger charge is -2.07. The van der Waals surface area contributed by atoms with Gasteiger partial charge in [0, 0.05) is 9.61 Å². The van der Waals surface area contributed by atoms with Gasteiger partial charge in [-0.25, -0.2) is 0 Å². The molecule has 1 N–H and O–H groups in total. The molecule has 0 amide bonds. The van der Waals surface area contributed by atoms with Crippen molar-refractivity contribution in [3.05, 3.63) is 32.6 Å². The Morgan fingerprint density at radius 3 is 3.00 bits per heavy atom. The van der Waals surface area contributed by atoms with Crippen molar-refractivity contribution >= 4 is 34.2 Å². The summed E-state index contributed by atoms with van der Waals surface area (Å²) in [5.74, 6) is 0.782. The van der Waals surface area contributed by atoms with Gasteiger partial charge in [0.25, 0.3) is 0 Å². The van der Waals surface area contributed by atoms with Crippen molar-refractivity contribution in [2.45, 2.75) is 25.4 Å². The van der Waals surface area contributed by atoms with Crippen LogP contribution < -0.4 is 5.32 Å². The molecule has 1 aromatic carbocycles. The van der Waals surface area contributed by atoms with Crippen LogP contribution in [0.1, 0.15) is 18.7 Å². The van der Waals surface area contributed by atoms with Crippen LogP contribution in [0, 0.1) is 3.57 Å². The van der Waals surface area contributed by atoms with E-state index in [0.717, 1.165) is 15.1 Å². The van der Waals surface area contributed by atoms with E-state index >= 15 is 0 Å². The first-order chi connectivity index (χ1) is 8.74. The van der Waals surface area contributed by atoms with Crippen LogP contribution in [0.25, 0.3) is 5.69 Å². The Morgan fingerprint density at radius 2 is 2.28 bits per heavy atom. The lowest BCUT2D eigenvalue weighted by molar-refractivity contribution is 0.638. The minimum absolute atomic E-state index is 0.627. The summed E-state index contributed by atoms with van der Waals surface area (Å²) in [4.78, 5) is 0. The molecule has 3 rings (SSSR count). The molecule has 1 aliphatic rings. The molecule has 5 nitrogen and oxygen atoms in total. The standard InChI is InChI=1S/C11H11ClIN5/c12-9-5-7(13)1-4-10(9)18-11(15-16-17-18)6-14-8-2-3-8/h1,4-5,8,14H,2-3,6H2. The first kappa shape index (κ1) is 12.3. The number of rotatable bonds is 4. The predicted molar refractivity (Wildman–Crippen MR) is 76.7 cm³/mol. The third-order valence-electron chi connectivity index (χ3n) is 2.80. The molecule has 1 heterocycles. The number of halogens is 2. The maximum absolute atomic E-state index is 6.23. The fourth-order valence-electron chi connectivity index (χ4n) is 1.68. The molecular formula is C11H11ClIN5. The molecule has 0 aliphatic heterocycles. The average Bonchev–Trinajstić information content (AvgIpc) is 3.06. The lowest BCUT2D eigenvalue weighted by Crippen LogP contribution is -2.19. The summed E-state index contributed by atoms with van der Waals surface area (Å²) in [7, 11) is 0. The topological polar surface area (TPSA) is 55.6 Å². The molecule has 1 aromatic heterocycles. The lowest BCUT2D eigenvalue weighted by atomic mass is 10.3. The third-order valence-corrected chi connectivity index (χ3v) is 3.77. The van der Waals surface area contributed by atoms with Gasteiger partial charge < -0.3 is 5.32 Å². The number of hydrogen-bond acceptors (Lipinski definition) is 4. The molecule has 18 heavy (non-hydrogen) atoms. The van der Waals surface area contributed by atoms with Crippen molar-refractivity contribution in [1.29, 1.82) is 0 Å². The smallest absolute Gasteiger partial charge is 0.170 e. The van der Waals surface area contributed by atoms with Crippen LogP contribution in [-0.4, -0.2) is 26.2 Å². The highest BCUT2D eigenvalue weighted by atomic mass is 127.